The summed E-state index contributed by atoms with van der Waals surface area (Å²) < 4.78 is 4.88. The van der Waals surface area contributed by atoms with E-state index in [1.165, 1.54) is 12.1 Å². The first kappa shape index (κ1) is 16.6. The van der Waals surface area contributed by atoms with Gasteiger partial charge in [-0.15, -0.1) is 0 Å². The largest absolute Gasteiger partial charge is 0.452 e. The predicted octanol–water partition coefficient (Wildman–Crippen LogP) is 2.65. The van der Waals surface area contributed by atoms with Gasteiger partial charge in [0.05, 0.1) is 15.6 Å². The monoisotopic (exact) mass is 318 g/mol. The lowest BCUT2D eigenvalue weighted by atomic mass is 10.1. The van der Waals surface area contributed by atoms with Gasteiger partial charge in [-0.1, -0.05) is 23.2 Å². The lowest BCUT2D eigenvalue weighted by molar-refractivity contribution is -0.125. The highest BCUT2D eigenvalue weighted by molar-refractivity contribution is 6.44. The van der Waals surface area contributed by atoms with Gasteiger partial charge in [0.1, 0.15) is 0 Å². The summed E-state index contributed by atoms with van der Waals surface area (Å²) in [4.78, 5) is 23.4. The number of halogens is 2. The summed E-state index contributed by atoms with van der Waals surface area (Å²) in [5, 5.41) is 2.86. The zero-order valence-electron chi connectivity index (χ0n) is 11.4. The van der Waals surface area contributed by atoms with Gasteiger partial charge in [0.25, 0.3) is 5.91 Å². The Hall–Kier alpha value is -1.46. The number of hydrogen-bond donors (Lipinski definition) is 2. The Kier molecular flexibility index (Phi) is 5.25. The van der Waals surface area contributed by atoms with Crippen LogP contribution in [0, 0.1) is 0 Å². The van der Waals surface area contributed by atoms with E-state index >= 15 is 0 Å². The second kappa shape index (κ2) is 6.33. The van der Waals surface area contributed by atoms with Crippen LogP contribution in [-0.4, -0.2) is 24.0 Å². The third-order valence-electron chi connectivity index (χ3n) is 2.12. The molecule has 7 heteroatoms. The van der Waals surface area contributed by atoms with Crippen molar-refractivity contribution in [3.63, 3.8) is 0 Å². The topological polar surface area (TPSA) is 81.4 Å². The second-order valence-corrected chi connectivity index (χ2v) is 6.02. The van der Waals surface area contributed by atoms with Crippen molar-refractivity contribution in [1.29, 1.82) is 0 Å². The third kappa shape index (κ3) is 4.90. The van der Waals surface area contributed by atoms with Crippen molar-refractivity contribution in [2.75, 3.05) is 12.3 Å². The predicted molar refractivity (Wildman–Crippen MR) is 79.1 cm³/mol. The average Bonchev–Trinajstić information content (AvgIpc) is 2.28. The van der Waals surface area contributed by atoms with Crippen LogP contribution in [0.15, 0.2) is 12.1 Å². The zero-order valence-corrected chi connectivity index (χ0v) is 12.9. The number of anilines is 1. The summed E-state index contributed by atoms with van der Waals surface area (Å²) >= 11 is 11.7. The van der Waals surface area contributed by atoms with E-state index in [0.29, 0.717) is 0 Å². The molecule has 0 radical (unpaired) electrons. The number of amides is 1. The molecule has 0 saturated carbocycles. The average molecular weight is 319 g/mol. The number of nitrogen functional groups attached to an aromatic ring is 1. The van der Waals surface area contributed by atoms with E-state index in [2.05, 4.69) is 5.32 Å². The van der Waals surface area contributed by atoms with Gasteiger partial charge < -0.3 is 15.8 Å². The minimum absolute atomic E-state index is 0.0280. The minimum Gasteiger partial charge on any atom is -0.452 e. The van der Waals surface area contributed by atoms with Gasteiger partial charge in [-0.2, -0.15) is 0 Å². The van der Waals surface area contributed by atoms with Crippen LogP contribution in [0.4, 0.5) is 5.69 Å². The van der Waals surface area contributed by atoms with Gasteiger partial charge in [-0.25, -0.2) is 4.79 Å². The zero-order chi connectivity index (χ0) is 15.5. The summed E-state index contributed by atoms with van der Waals surface area (Å²) in [6.45, 7) is 5.06. The second-order valence-electron chi connectivity index (χ2n) is 5.24. The SMILES string of the molecule is CC(C)(C)NC(=O)COC(=O)c1cc(N)cc(Cl)c1Cl. The number of esters is 1. The van der Waals surface area contributed by atoms with Gasteiger partial charge in [-0.3, -0.25) is 4.79 Å². The van der Waals surface area contributed by atoms with E-state index in [9.17, 15) is 9.59 Å². The van der Waals surface area contributed by atoms with Crippen molar-refractivity contribution in [2.24, 2.45) is 0 Å². The molecule has 0 bridgehead atoms. The van der Waals surface area contributed by atoms with Crippen LogP contribution in [0.5, 0.6) is 0 Å². The summed E-state index contributed by atoms with van der Waals surface area (Å²) in [7, 11) is 0. The van der Waals surface area contributed by atoms with Crippen molar-refractivity contribution in [3.05, 3.63) is 27.7 Å². The first-order chi connectivity index (χ1) is 9.10. The maximum Gasteiger partial charge on any atom is 0.340 e. The van der Waals surface area contributed by atoms with E-state index in [0.717, 1.165) is 0 Å². The lowest BCUT2D eigenvalue weighted by Crippen LogP contribution is -2.42. The standard InChI is InChI=1S/C13H16Cl2N2O3/c1-13(2,3)17-10(18)6-20-12(19)8-4-7(16)5-9(14)11(8)15/h4-5H,6,16H2,1-3H3,(H,17,18). The molecule has 0 fully saturated rings. The fourth-order valence-electron chi connectivity index (χ4n) is 1.42. The smallest absolute Gasteiger partial charge is 0.340 e. The Morgan fingerprint density at radius 2 is 1.90 bits per heavy atom. The summed E-state index contributed by atoms with van der Waals surface area (Å²) in [6, 6.07) is 2.77. The van der Waals surface area contributed by atoms with Gasteiger partial charge in [0.15, 0.2) is 6.61 Å². The van der Waals surface area contributed by atoms with Gasteiger partial charge in [-0.05, 0) is 32.9 Å². The van der Waals surface area contributed by atoms with Crippen molar-refractivity contribution in [1.82, 2.24) is 5.32 Å². The number of nitrogens with one attached hydrogen (secondary N) is 1. The number of carbonyl (C=O) groups is 2. The normalized spacial score (nSPS) is 11.1. The van der Waals surface area contributed by atoms with E-state index in [4.69, 9.17) is 33.7 Å². The molecular weight excluding hydrogens is 303 g/mol. The fourth-order valence-corrected chi connectivity index (χ4v) is 1.84. The number of hydrogen-bond acceptors (Lipinski definition) is 4. The maximum atomic E-state index is 11.8. The Morgan fingerprint density at radius 1 is 1.30 bits per heavy atom. The summed E-state index contributed by atoms with van der Waals surface area (Å²) in [6.07, 6.45) is 0. The van der Waals surface area contributed by atoms with E-state index in [1.54, 1.807) is 0 Å². The molecule has 0 saturated heterocycles. The number of ether oxygens (including phenoxy) is 1. The Labute approximate surface area is 127 Å². The molecule has 0 heterocycles. The lowest BCUT2D eigenvalue weighted by Gasteiger charge is -2.20. The van der Waals surface area contributed by atoms with Crippen LogP contribution < -0.4 is 11.1 Å². The van der Waals surface area contributed by atoms with E-state index in [1.807, 2.05) is 20.8 Å². The van der Waals surface area contributed by atoms with Crippen LogP contribution in [0.1, 0.15) is 31.1 Å². The van der Waals surface area contributed by atoms with E-state index < -0.39 is 24.0 Å². The summed E-state index contributed by atoms with van der Waals surface area (Å²) in [5.41, 5.74) is 5.48. The first-order valence-electron chi connectivity index (χ1n) is 5.83. The molecule has 20 heavy (non-hydrogen) atoms. The van der Waals surface area contributed by atoms with Crippen LogP contribution >= 0.6 is 23.2 Å². The molecule has 110 valence electrons. The quantitative estimate of drug-likeness (QED) is 0.663. The van der Waals surface area contributed by atoms with Crippen molar-refractivity contribution < 1.29 is 14.3 Å². The molecule has 1 rings (SSSR count). The highest BCUT2D eigenvalue weighted by Crippen LogP contribution is 2.29. The molecule has 0 aliphatic rings. The molecule has 1 amide bonds. The van der Waals surface area contributed by atoms with Crippen molar-refractivity contribution in [2.45, 2.75) is 26.3 Å². The molecule has 0 aliphatic heterocycles. The molecule has 0 atom stereocenters. The van der Waals surface area contributed by atoms with Crippen LogP contribution in [-0.2, 0) is 9.53 Å². The fraction of sp³-hybridized carbons (Fsp3) is 0.385. The molecule has 0 unspecified atom stereocenters. The molecule has 1 aromatic carbocycles. The van der Waals surface area contributed by atoms with Crippen LogP contribution in [0.3, 0.4) is 0 Å². The number of rotatable bonds is 3. The van der Waals surface area contributed by atoms with Gasteiger partial charge in [0, 0.05) is 11.2 Å². The molecule has 5 nitrogen and oxygen atoms in total. The van der Waals surface area contributed by atoms with Gasteiger partial charge in [0.2, 0.25) is 0 Å². The number of carbonyl (C=O) groups excluding carboxylic acids is 2. The van der Waals surface area contributed by atoms with Crippen LogP contribution in [0.25, 0.3) is 0 Å². The minimum atomic E-state index is -0.756. The Bertz CT molecular complexity index is 539. The third-order valence-corrected chi connectivity index (χ3v) is 2.92. The Morgan fingerprint density at radius 3 is 2.45 bits per heavy atom. The molecule has 0 spiro atoms. The molecule has 0 aliphatic carbocycles. The van der Waals surface area contributed by atoms with E-state index in [-0.39, 0.29) is 21.3 Å². The Balaban J connectivity index is 2.71. The highest BCUT2D eigenvalue weighted by atomic mass is 35.5. The maximum absolute atomic E-state index is 11.8. The molecule has 0 aromatic heterocycles. The number of benzene rings is 1. The van der Waals surface area contributed by atoms with Crippen molar-refractivity contribution >= 4 is 40.8 Å². The van der Waals surface area contributed by atoms with Crippen LogP contribution in [0.2, 0.25) is 10.0 Å². The molecular formula is C13H16Cl2N2O3. The van der Waals surface area contributed by atoms with Crippen molar-refractivity contribution in [3.8, 4) is 0 Å². The molecule has 1 aromatic rings. The molecule has 3 N–H and O–H groups in total. The summed E-state index contributed by atoms with van der Waals surface area (Å²) in [5.74, 6) is -1.16. The van der Waals surface area contributed by atoms with Gasteiger partial charge >= 0.3 is 5.97 Å². The highest BCUT2D eigenvalue weighted by Gasteiger charge is 2.19. The number of nitrogens with two attached hydrogens (primary N) is 1. The first-order valence-corrected chi connectivity index (χ1v) is 6.58.